The van der Waals surface area contributed by atoms with Crippen molar-refractivity contribution >= 4 is 5.91 Å². The summed E-state index contributed by atoms with van der Waals surface area (Å²) in [4.78, 5) is 12.4. The largest absolute Gasteiger partial charge is 0.496 e. The van der Waals surface area contributed by atoms with E-state index in [4.69, 9.17) is 14.2 Å². The molecule has 23 heavy (non-hydrogen) atoms. The second-order valence-corrected chi connectivity index (χ2v) is 5.01. The van der Waals surface area contributed by atoms with Crippen molar-refractivity contribution in [2.24, 2.45) is 0 Å². The monoisotopic (exact) mass is 315 g/mol. The number of nitrogens with one attached hydrogen (secondary N) is 1. The van der Waals surface area contributed by atoms with Crippen LogP contribution in [-0.4, -0.2) is 27.2 Å². The van der Waals surface area contributed by atoms with Gasteiger partial charge >= 0.3 is 0 Å². The molecule has 0 saturated carbocycles. The van der Waals surface area contributed by atoms with Crippen LogP contribution in [0.3, 0.4) is 0 Å². The number of rotatable bonds is 6. The second kappa shape index (κ2) is 7.54. The predicted octanol–water partition coefficient (Wildman–Crippen LogP) is 3.20. The van der Waals surface area contributed by atoms with Gasteiger partial charge in [-0.15, -0.1) is 0 Å². The number of para-hydroxylation sites is 1. The maximum absolute atomic E-state index is 12.4. The lowest BCUT2D eigenvalue weighted by molar-refractivity contribution is 0.0937. The fraction of sp³-hybridized carbons (Fsp3) is 0.278. The average molecular weight is 315 g/mol. The summed E-state index contributed by atoms with van der Waals surface area (Å²) in [5.74, 6) is 1.64. The molecule has 0 fully saturated rings. The molecule has 0 spiro atoms. The molecular formula is C18H21NO4. The Morgan fingerprint density at radius 2 is 1.57 bits per heavy atom. The molecule has 0 heterocycles. The van der Waals surface area contributed by atoms with Gasteiger partial charge in [0, 0.05) is 0 Å². The molecule has 5 nitrogen and oxygen atoms in total. The fourth-order valence-electron chi connectivity index (χ4n) is 2.31. The minimum atomic E-state index is -0.190. The molecule has 2 rings (SSSR count). The lowest BCUT2D eigenvalue weighted by Crippen LogP contribution is -2.27. The van der Waals surface area contributed by atoms with Gasteiger partial charge in [0.15, 0.2) is 11.5 Å². The maximum atomic E-state index is 12.4. The van der Waals surface area contributed by atoms with Crippen LogP contribution in [0.1, 0.15) is 28.9 Å². The van der Waals surface area contributed by atoms with Crippen LogP contribution in [-0.2, 0) is 0 Å². The summed E-state index contributed by atoms with van der Waals surface area (Å²) >= 11 is 0. The molecule has 0 radical (unpaired) electrons. The topological polar surface area (TPSA) is 56.8 Å². The van der Waals surface area contributed by atoms with Crippen LogP contribution in [0, 0.1) is 0 Å². The van der Waals surface area contributed by atoms with Crippen molar-refractivity contribution in [2.75, 3.05) is 21.3 Å². The fourth-order valence-corrected chi connectivity index (χ4v) is 2.31. The van der Waals surface area contributed by atoms with Crippen molar-refractivity contribution in [1.82, 2.24) is 5.32 Å². The van der Waals surface area contributed by atoms with Crippen molar-refractivity contribution in [3.8, 4) is 17.2 Å². The van der Waals surface area contributed by atoms with Crippen LogP contribution in [0.5, 0.6) is 17.2 Å². The summed E-state index contributed by atoms with van der Waals surface area (Å²) in [7, 11) is 4.72. The first kappa shape index (κ1) is 16.7. The molecule has 0 saturated heterocycles. The summed E-state index contributed by atoms with van der Waals surface area (Å²) < 4.78 is 15.7. The highest BCUT2D eigenvalue weighted by molar-refractivity contribution is 5.97. The summed E-state index contributed by atoms with van der Waals surface area (Å²) in [5, 5.41) is 2.96. The first-order chi connectivity index (χ1) is 11.1. The SMILES string of the molecule is COc1ccc([C@H](C)NC(=O)c2ccccc2OC)cc1OC. The van der Waals surface area contributed by atoms with E-state index in [1.807, 2.05) is 31.2 Å². The van der Waals surface area contributed by atoms with Crippen molar-refractivity contribution in [3.05, 3.63) is 53.6 Å². The molecule has 1 amide bonds. The predicted molar refractivity (Wildman–Crippen MR) is 88.4 cm³/mol. The first-order valence-electron chi connectivity index (χ1n) is 7.26. The van der Waals surface area contributed by atoms with Gasteiger partial charge in [0.1, 0.15) is 5.75 Å². The number of carbonyl (C=O) groups is 1. The average Bonchev–Trinajstić information content (AvgIpc) is 2.60. The first-order valence-corrected chi connectivity index (χ1v) is 7.26. The van der Waals surface area contributed by atoms with Gasteiger partial charge in [-0.2, -0.15) is 0 Å². The van der Waals surface area contributed by atoms with Gasteiger partial charge in [-0.3, -0.25) is 4.79 Å². The van der Waals surface area contributed by atoms with E-state index in [9.17, 15) is 4.79 Å². The third kappa shape index (κ3) is 3.74. The van der Waals surface area contributed by atoms with Crippen LogP contribution < -0.4 is 19.5 Å². The second-order valence-electron chi connectivity index (χ2n) is 5.01. The molecule has 0 aromatic heterocycles. The highest BCUT2D eigenvalue weighted by Gasteiger charge is 2.16. The maximum Gasteiger partial charge on any atom is 0.255 e. The Labute approximate surface area is 136 Å². The Morgan fingerprint density at radius 1 is 0.913 bits per heavy atom. The van der Waals surface area contributed by atoms with Crippen molar-refractivity contribution in [1.29, 1.82) is 0 Å². The smallest absolute Gasteiger partial charge is 0.255 e. The number of ether oxygens (including phenoxy) is 3. The molecule has 5 heteroatoms. The Balaban J connectivity index is 2.18. The zero-order chi connectivity index (χ0) is 16.8. The van der Waals surface area contributed by atoms with Gasteiger partial charge < -0.3 is 19.5 Å². The summed E-state index contributed by atoms with van der Waals surface area (Å²) in [5.41, 5.74) is 1.42. The minimum Gasteiger partial charge on any atom is -0.496 e. The molecular weight excluding hydrogens is 294 g/mol. The minimum absolute atomic E-state index is 0.188. The van der Waals surface area contributed by atoms with E-state index >= 15 is 0 Å². The third-order valence-corrected chi connectivity index (χ3v) is 3.61. The Hall–Kier alpha value is -2.69. The molecule has 0 unspecified atom stereocenters. The summed E-state index contributed by atoms with van der Waals surface area (Å²) in [6.07, 6.45) is 0. The molecule has 1 atom stereocenters. The van der Waals surface area contributed by atoms with Gasteiger partial charge in [0.05, 0.1) is 32.9 Å². The summed E-state index contributed by atoms with van der Waals surface area (Å²) in [6, 6.07) is 12.5. The van der Waals surface area contributed by atoms with Crippen LogP contribution in [0.4, 0.5) is 0 Å². The molecule has 0 aliphatic heterocycles. The van der Waals surface area contributed by atoms with Crippen molar-refractivity contribution in [3.63, 3.8) is 0 Å². The van der Waals surface area contributed by atoms with E-state index in [0.717, 1.165) is 5.56 Å². The molecule has 1 N–H and O–H groups in total. The molecule has 0 bridgehead atoms. The standard InChI is InChI=1S/C18H21NO4/c1-12(13-9-10-16(22-3)17(11-13)23-4)19-18(20)14-7-5-6-8-15(14)21-2/h5-12H,1-4H3,(H,19,20)/t12-/m0/s1. The third-order valence-electron chi connectivity index (χ3n) is 3.61. The van der Waals surface area contributed by atoms with Crippen LogP contribution >= 0.6 is 0 Å². The van der Waals surface area contributed by atoms with Gasteiger partial charge in [0.25, 0.3) is 5.91 Å². The molecule has 0 aliphatic rings. The van der Waals surface area contributed by atoms with Crippen LogP contribution in [0.2, 0.25) is 0 Å². The zero-order valence-electron chi connectivity index (χ0n) is 13.8. The Morgan fingerprint density at radius 3 is 2.22 bits per heavy atom. The van der Waals surface area contributed by atoms with Gasteiger partial charge in [-0.05, 0) is 36.8 Å². The van der Waals surface area contributed by atoms with Crippen LogP contribution in [0.25, 0.3) is 0 Å². The number of carbonyl (C=O) groups excluding carboxylic acids is 1. The number of benzene rings is 2. The van der Waals surface area contributed by atoms with Gasteiger partial charge in [-0.1, -0.05) is 18.2 Å². The highest BCUT2D eigenvalue weighted by atomic mass is 16.5. The van der Waals surface area contributed by atoms with E-state index in [1.165, 1.54) is 0 Å². The highest BCUT2D eigenvalue weighted by Crippen LogP contribution is 2.30. The molecule has 2 aromatic rings. The van der Waals surface area contributed by atoms with E-state index < -0.39 is 0 Å². The normalized spacial score (nSPS) is 11.5. The lowest BCUT2D eigenvalue weighted by Gasteiger charge is -2.17. The lowest BCUT2D eigenvalue weighted by atomic mass is 10.1. The van der Waals surface area contributed by atoms with Gasteiger partial charge in [0.2, 0.25) is 0 Å². The number of amides is 1. The van der Waals surface area contributed by atoms with E-state index in [0.29, 0.717) is 22.8 Å². The van der Waals surface area contributed by atoms with Crippen molar-refractivity contribution < 1.29 is 19.0 Å². The number of hydrogen-bond donors (Lipinski definition) is 1. The molecule has 0 aliphatic carbocycles. The van der Waals surface area contributed by atoms with Gasteiger partial charge in [-0.25, -0.2) is 0 Å². The van der Waals surface area contributed by atoms with E-state index in [2.05, 4.69) is 5.32 Å². The van der Waals surface area contributed by atoms with Crippen molar-refractivity contribution in [2.45, 2.75) is 13.0 Å². The summed E-state index contributed by atoms with van der Waals surface area (Å²) in [6.45, 7) is 1.91. The zero-order valence-corrected chi connectivity index (χ0v) is 13.8. The van der Waals surface area contributed by atoms with Crippen LogP contribution in [0.15, 0.2) is 42.5 Å². The number of hydrogen-bond acceptors (Lipinski definition) is 4. The Kier molecular flexibility index (Phi) is 5.46. The van der Waals surface area contributed by atoms with E-state index in [1.54, 1.807) is 39.5 Å². The van der Waals surface area contributed by atoms with E-state index in [-0.39, 0.29) is 11.9 Å². The molecule has 2 aromatic carbocycles. The molecule has 122 valence electrons. The number of methoxy groups -OCH3 is 3. The Bertz CT molecular complexity index is 684. The quantitative estimate of drug-likeness (QED) is 0.889.